The van der Waals surface area contributed by atoms with E-state index in [4.69, 9.17) is 0 Å². The second-order valence-corrected chi connectivity index (χ2v) is 5.29. The SMILES string of the molecule is CSc1ccc(-c2ccnc(NC3CC3)n2)cc1. The van der Waals surface area contributed by atoms with Crippen molar-refractivity contribution in [3.8, 4) is 11.3 Å². The van der Waals surface area contributed by atoms with Crippen molar-refractivity contribution < 1.29 is 0 Å². The summed E-state index contributed by atoms with van der Waals surface area (Å²) in [6.07, 6.45) is 6.36. The van der Waals surface area contributed by atoms with E-state index in [1.807, 2.05) is 12.3 Å². The molecule has 1 aliphatic carbocycles. The van der Waals surface area contributed by atoms with Crippen molar-refractivity contribution in [2.24, 2.45) is 0 Å². The Morgan fingerprint density at radius 1 is 1.17 bits per heavy atom. The zero-order chi connectivity index (χ0) is 12.4. The van der Waals surface area contributed by atoms with Crippen LogP contribution in [-0.4, -0.2) is 22.3 Å². The standard InChI is InChI=1S/C14H15N3S/c1-18-12-6-2-10(3-7-12)13-8-9-15-14(17-13)16-11-4-5-11/h2-3,6-9,11H,4-5H2,1H3,(H,15,16,17). The van der Waals surface area contributed by atoms with Crippen LogP contribution in [0.4, 0.5) is 5.95 Å². The fraction of sp³-hybridized carbons (Fsp3) is 0.286. The molecule has 0 atom stereocenters. The predicted molar refractivity (Wildman–Crippen MR) is 75.9 cm³/mol. The summed E-state index contributed by atoms with van der Waals surface area (Å²) in [6, 6.07) is 11.0. The van der Waals surface area contributed by atoms with Crippen LogP contribution in [-0.2, 0) is 0 Å². The molecule has 0 saturated heterocycles. The molecule has 1 heterocycles. The molecule has 0 spiro atoms. The molecule has 1 saturated carbocycles. The van der Waals surface area contributed by atoms with Crippen molar-refractivity contribution in [1.82, 2.24) is 9.97 Å². The Morgan fingerprint density at radius 3 is 2.61 bits per heavy atom. The molecule has 1 N–H and O–H groups in total. The van der Waals surface area contributed by atoms with Crippen molar-refractivity contribution >= 4 is 17.7 Å². The number of hydrogen-bond acceptors (Lipinski definition) is 4. The molecule has 1 aromatic heterocycles. The molecule has 0 unspecified atom stereocenters. The highest BCUT2D eigenvalue weighted by Crippen LogP contribution is 2.25. The summed E-state index contributed by atoms with van der Waals surface area (Å²) in [5.41, 5.74) is 2.11. The second kappa shape index (κ2) is 4.98. The summed E-state index contributed by atoms with van der Waals surface area (Å²) < 4.78 is 0. The molecular weight excluding hydrogens is 242 g/mol. The van der Waals surface area contributed by atoms with Gasteiger partial charge in [0, 0.05) is 22.7 Å². The Bertz CT molecular complexity index is 535. The van der Waals surface area contributed by atoms with Gasteiger partial charge in [-0.25, -0.2) is 9.97 Å². The Hall–Kier alpha value is -1.55. The second-order valence-electron chi connectivity index (χ2n) is 4.41. The number of nitrogens with one attached hydrogen (secondary N) is 1. The minimum absolute atomic E-state index is 0.583. The van der Waals surface area contributed by atoms with Crippen LogP contribution in [0.2, 0.25) is 0 Å². The number of benzene rings is 1. The molecule has 3 nitrogen and oxygen atoms in total. The monoisotopic (exact) mass is 257 g/mol. The molecule has 0 radical (unpaired) electrons. The van der Waals surface area contributed by atoms with Crippen molar-refractivity contribution in [3.63, 3.8) is 0 Å². The molecule has 4 heteroatoms. The zero-order valence-electron chi connectivity index (χ0n) is 10.3. The first kappa shape index (κ1) is 11.5. The van der Waals surface area contributed by atoms with Crippen LogP contribution in [0.15, 0.2) is 41.4 Å². The van der Waals surface area contributed by atoms with Crippen molar-refractivity contribution in [3.05, 3.63) is 36.5 Å². The van der Waals surface area contributed by atoms with Gasteiger partial charge >= 0.3 is 0 Å². The van der Waals surface area contributed by atoms with Crippen LogP contribution in [0.25, 0.3) is 11.3 Å². The van der Waals surface area contributed by atoms with E-state index in [1.165, 1.54) is 17.7 Å². The molecule has 1 aromatic carbocycles. The van der Waals surface area contributed by atoms with Gasteiger partial charge in [0.1, 0.15) is 0 Å². The fourth-order valence-corrected chi connectivity index (χ4v) is 2.17. The number of thioether (sulfide) groups is 1. The normalized spacial score (nSPS) is 14.5. The molecule has 18 heavy (non-hydrogen) atoms. The molecular formula is C14H15N3S. The van der Waals surface area contributed by atoms with Gasteiger partial charge in [-0.3, -0.25) is 0 Å². The first-order chi connectivity index (χ1) is 8.85. The highest BCUT2D eigenvalue weighted by Gasteiger charge is 2.21. The minimum atomic E-state index is 0.583. The van der Waals surface area contributed by atoms with Crippen molar-refractivity contribution in [2.45, 2.75) is 23.8 Å². The Labute approximate surface area is 111 Å². The maximum absolute atomic E-state index is 4.55. The summed E-state index contributed by atoms with van der Waals surface area (Å²) in [7, 11) is 0. The Morgan fingerprint density at radius 2 is 1.94 bits per heavy atom. The Balaban J connectivity index is 1.84. The number of nitrogens with zero attached hydrogens (tertiary/aromatic N) is 2. The highest BCUT2D eigenvalue weighted by atomic mass is 32.2. The van der Waals surface area contributed by atoms with Gasteiger partial charge < -0.3 is 5.32 Å². The summed E-state index contributed by atoms with van der Waals surface area (Å²) >= 11 is 1.75. The van der Waals surface area contributed by atoms with Crippen molar-refractivity contribution in [2.75, 3.05) is 11.6 Å². The molecule has 0 bridgehead atoms. The van der Waals surface area contributed by atoms with E-state index in [0.717, 1.165) is 17.2 Å². The quantitative estimate of drug-likeness (QED) is 0.851. The van der Waals surface area contributed by atoms with Gasteiger partial charge in [0.05, 0.1) is 5.69 Å². The highest BCUT2D eigenvalue weighted by molar-refractivity contribution is 7.98. The van der Waals surface area contributed by atoms with Crippen LogP contribution >= 0.6 is 11.8 Å². The largest absolute Gasteiger partial charge is 0.351 e. The summed E-state index contributed by atoms with van der Waals surface area (Å²) in [4.78, 5) is 10.1. The maximum Gasteiger partial charge on any atom is 0.223 e. The van der Waals surface area contributed by atoms with Crippen LogP contribution in [0.3, 0.4) is 0 Å². The lowest BCUT2D eigenvalue weighted by Crippen LogP contribution is -2.05. The Kier molecular flexibility index (Phi) is 3.19. The third-order valence-electron chi connectivity index (χ3n) is 2.95. The molecule has 0 amide bonds. The number of hydrogen-bond donors (Lipinski definition) is 1. The van der Waals surface area contributed by atoms with Gasteiger partial charge in [0.2, 0.25) is 5.95 Å². The lowest BCUT2D eigenvalue weighted by Gasteiger charge is -2.05. The number of rotatable bonds is 4. The van der Waals surface area contributed by atoms with E-state index >= 15 is 0 Å². The van der Waals surface area contributed by atoms with Crippen LogP contribution in [0.1, 0.15) is 12.8 Å². The summed E-state index contributed by atoms with van der Waals surface area (Å²) in [6.45, 7) is 0. The molecule has 2 aromatic rings. The van der Waals surface area contributed by atoms with Gasteiger partial charge in [-0.05, 0) is 37.3 Å². The molecule has 92 valence electrons. The molecule has 0 aliphatic heterocycles. The van der Waals surface area contributed by atoms with Gasteiger partial charge in [-0.1, -0.05) is 12.1 Å². The molecule has 1 fully saturated rings. The zero-order valence-corrected chi connectivity index (χ0v) is 11.1. The van der Waals surface area contributed by atoms with Gasteiger partial charge in [-0.15, -0.1) is 11.8 Å². The molecule has 3 rings (SSSR count). The van der Waals surface area contributed by atoms with Gasteiger partial charge in [-0.2, -0.15) is 0 Å². The van der Waals surface area contributed by atoms with Crippen LogP contribution in [0, 0.1) is 0 Å². The topological polar surface area (TPSA) is 37.8 Å². The van der Waals surface area contributed by atoms with Crippen LogP contribution in [0.5, 0.6) is 0 Å². The van der Waals surface area contributed by atoms with Gasteiger partial charge in [0.25, 0.3) is 0 Å². The number of anilines is 1. The van der Waals surface area contributed by atoms with Gasteiger partial charge in [0.15, 0.2) is 0 Å². The minimum Gasteiger partial charge on any atom is -0.351 e. The van der Waals surface area contributed by atoms with E-state index in [2.05, 4.69) is 45.8 Å². The van der Waals surface area contributed by atoms with Crippen LogP contribution < -0.4 is 5.32 Å². The first-order valence-corrected chi connectivity index (χ1v) is 7.31. The molecule has 1 aliphatic rings. The maximum atomic E-state index is 4.55. The van der Waals surface area contributed by atoms with Crippen molar-refractivity contribution in [1.29, 1.82) is 0 Å². The first-order valence-electron chi connectivity index (χ1n) is 6.09. The third-order valence-corrected chi connectivity index (χ3v) is 3.70. The van der Waals surface area contributed by atoms with E-state index < -0.39 is 0 Å². The van der Waals surface area contributed by atoms with E-state index in [1.54, 1.807) is 11.8 Å². The van der Waals surface area contributed by atoms with E-state index in [9.17, 15) is 0 Å². The predicted octanol–water partition coefficient (Wildman–Crippen LogP) is 3.44. The average Bonchev–Trinajstić information content (AvgIpc) is 3.23. The lowest BCUT2D eigenvalue weighted by molar-refractivity contribution is 1.06. The average molecular weight is 257 g/mol. The number of aromatic nitrogens is 2. The fourth-order valence-electron chi connectivity index (χ4n) is 1.76. The lowest BCUT2D eigenvalue weighted by atomic mass is 10.1. The summed E-state index contributed by atoms with van der Waals surface area (Å²) in [5.74, 6) is 0.740. The smallest absolute Gasteiger partial charge is 0.223 e. The van der Waals surface area contributed by atoms with E-state index in [0.29, 0.717) is 6.04 Å². The summed E-state index contributed by atoms with van der Waals surface area (Å²) in [5, 5.41) is 3.32. The van der Waals surface area contributed by atoms with E-state index in [-0.39, 0.29) is 0 Å². The third kappa shape index (κ3) is 2.64.